The lowest BCUT2D eigenvalue weighted by Gasteiger charge is -2.18. The number of hydrogen-bond acceptors (Lipinski definition) is 3. The number of ether oxygens (including phenoxy) is 2. The maximum Gasteiger partial charge on any atom is 0.417 e. The second kappa shape index (κ2) is 8.03. The average molecular weight is 376 g/mol. The summed E-state index contributed by atoms with van der Waals surface area (Å²) in [4.78, 5) is 12.2. The average Bonchev–Trinajstić information content (AvgIpc) is 2.56. The van der Waals surface area contributed by atoms with Crippen LogP contribution in [0.2, 0.25) is 5.02 Å². The van der Waals surface area contributed by atoms with Crippen molar-refractivity contribution >= 4 is 11.6 Å². The largest absolute Gasteiger partial charge is 0.417 e. The van der Waals surface area contributed by atoms with E-state index in [1.165, 1.54) is 12.1 Å². The molecule has 2 aromatic rings. The van der Waals surface area contributed by atoms with E-state index in [1.807, 2.05) is 0 Å². The molecule has 8 heteroatoms. The summed E-state index contributed by atoms with van der Waals surface area (Å²) in [5, 5.41) is -0.508. The summed E-state index contributed by atoms with van der Waals surface area (Å²) < 4.78 is 50.8. The highest BCUT2D eigenvalue weighted by molar-refractivity contribution is 6.30. The highest BCUT2D eigenvalue weighted by atomic mass is 35.5. The summed E-state index contributed by atoms with van der Waals surface area (Å²) in [6.07, 6.45) is -4.56. The topological polar surface area (TPSA) is 40.5 Å². The normalized spacial score (nSPS) is 12.0. The third-order valence-corrected chi connectivity index (χ3v) is 3.63. The Balaban J connectivity index is 2.54. The van der Waals surface area contributed by atoms with Crippen LogP contribution in [0.3, 0.4) is 0 Å². The summed E-state index contributed by atoms with van der Waals surface area (Å²) in [5.41, 5.74) is -0.925. The Kier molecular flexibility index (Phi) is 6.26. The molecule has 0 spiro atoms. The number of benzene rings is 1. The van der Waals surface area contributed by atoms with Gasteiger partial charge in [-0.25, -0.2) is 0 Å². The van der Waals surface area contributed by atoms with E-state index in [2.05, 4.69) is 0 Å². The van der Waals surface area contributed by atoms with Crippen LogP contribution >= 0.6 is 11.6 Å². The Morgan fingerprint density at radius 3 is 2.36 bits per heavy atom. The van der Waals surface area contributed by atoms with E-state index >= 15 is 0 Å². The molecule has 0 fully saturated rings. The summed E-state index contributed by atoms with van der Waals surface area (Å²) in [6, 6.07) is 6.98. The van der Waals surface area contributed by atoms with Crippen LogP contribution in [0, 0.1) is 0 Å². The SMILES string of the molecule is CCOC(OCC)c1cccc(-n2cc(C(F)(F)F)cc(Cl)c2=O)c1. The van der Waals surface area contributed by atoms with Crippen molar-refractivity contribution in [3.05, 3.63) is 63.0 Å². The fourth-order valence-corrected chi connectivity index (χ4v) is 2.47. The highest BCUT2D eigenvalue weighted by Crippen LogP contribution is 2.30. The van der Waals surface area contributed by atoms with Gasteiger partial charge in [0, 0.05) is 30.7 Å². The number of hydrogen-bond donors (Lipinski definition) is 0. The van der Waals surface area contributed by atoms with Gasteiger partial charge in [-0.1, -0.05) is 23.7 Å². The first-order chi connectivity index (χ1) is 11.8. The van der Waals surface area contributed by atoms with E-state index in [4.69, 9.17) is 21.1 Å². The number of aromatic nitrogens is 1. The lowest BCUT2D eigenvalue weighted by atomic mass is 10.1. The van der Waals surface area contributed by atoms with E-state index in [1.54, 1.807) is 26.0 Å². The number of pyridine rings is 1. The second-order valence-corrected chi connectivity index (χ2v) is 5.49. The van der Waals surface area contributed by atoms with Crippen molar-refractivity contribution in [2.75, 3.05) is 13.2 Å². The van der Waals surface area contributed by atoms with Crippen molar-refractivity contribution in [1.82, 2.24) is 4.57 Å². The molecule has 0 unspecified atom stereocenters. The van der Waals surface area contributed by atoms with Crippen LogP contribution in [-0.2, 0) is 15.7 Å². The Hall–Kier alpha value is -1.83. The van der Waals surface area contributed by atoms with E-state index in [9.17, 15) is 18.0 Å². The molecule has 0 N–H and O–H groups in total. The van der Waals surface area contributed by atoms with Gasteiger partial charge >= 0.3 is 6.18 Å². The van der Waals surface area contributed by atoms with Crippen LogP contribution in [0.5, 0.6) is 0 Å². The fourth-order valence-electron chi connectivity index (χ4n) is 2.26. The molecule has 0 bridgehead atoms. The molecular weight excluding hydrogens is 359 g/mol. The monoisotopic (exact) mass is 375 g/mol. The molecule has 0 aliphatic carbocycles. The molecule has 0 saturated carbocycles. The molecule has 0 aliphatic rings. The van der Waals surface area contributed by atoms with Crippen molar-refractivity contribution in [3.8, 4) is 5.69 Å². The van der Waals surface area contributed by atoms with Crippen LogP contribution in [0.1, 0.15) is 31.3 Å². The molecule has 0 saturated heterocycles. The van der Waals surface area contributed by atoms with E-state index < -0.39 is 28.6 Å². The van der Waals surface area contributed by atoms with Gasteiger partial charge in [0.2, 0.25) is 0 Å². The van der Waals surface area contributed by atoms with Gasteiger partial charge in [-0.15, -0.1) is 0 Å². The molecule has 0 aliphatic heterocycles. The van der Waals surface area contributed by atoms with Crippen molar-refractivity contribution in [2.24, 2.45) is 0 Å². The molecule has 1 aromatic carbocycles. The molecule has 1 aromatic heterocycles. The smallest absolute Gasteiger partial charge is 0.349 e. The fraction of sp³-hybridized carbons (Fsp3) is 0.353. The zero-order chi connectivity index (χ0) is 18.6. The predicted octanol–water partition coefficient (Wildman–Crippen LogP) is 4.58. The molecule has 4 nitrogen and oxygen atoms in total. The highest BCUT2D eigenvalue weighted by Gasteiger charge is 2.32. The molecule has 136 valence electrons. The maximum absolute atomic E-state index is 13.0. The summed E-state index contributed by atoms with van der Waals surface area (Å²) in [7, 11) is 0. The molecule has 0 radical (unpaired) electrons. The van der Waals surface area contributed by atoms with Gasteiger partial charge < -0.3 is 9.47 Å². The van der Waals surface area contributed by atoms with Gasteiger partial charge in [-0.05, 0) is 32.0 Å². The minimum atomic E-state index is -4.62. The van der Waals surface area contributed by atoms with Crippen molar-refractivity contribution < 1.29 is 22.6 Å². The molecule has 0 atom stereocenters. The first-order valence-corrected chi connectivity index (χ1v) is 7.98. The first kappa shape index (κ1) is 19.5. The third-order valence-electron chi connectivity index (χ3n) is 3.36. The summed E-state index contributed by atoms with van der Waals surface area (Å²) in [6.45, 7) is 4.38. The number of rotatable bonds is 6. The molecule has 1 heterocycles. The number of halogens is 4. The van der Waals surface area contributed by atoms with E-state index in [0.717, 1.165) is 10.8 Å². The number of nitrogens with zero attached hydrogens (tertiary/aromatic N) is 1. The van der Waals surface area contributed by atoms with Crippen LogP contribution in [0.4, 0.5) is 13.2 Å². The minimum absolute atomic E-state index is 0.236. The molecule has 2 rings (SSSR count). The lowest BCUT2D eigenvalue weighted by molar-refractivity contribution is -0.140. The van der Waals surface area contributed by atoms with Crippen LogP contribution in [-0.4, -0.2) is 17.8 Å². The van der Waals surface area contributed by atoms with Gasteiger partial charge in [0.25, 0.3) is 5.56 Å². The van der Waals surface area contributed by atoms with Gasteiger partial charge in [0.05, 0.1) is 5.56 Å². The standard InChI is InChI=1S/C17H17ClF3NO3/c1-3-24-16(25-4-2)11-6-5-7-13(8-11)22-10-12(17(19,20)21)9-14(18)15(22)23/h5-10,16H,3-4H2,1-2H3. The van der Waals surface area contributed by atoms with Crippen LogP contribution in [0.15, 0.2) is 41.3 Å². The predicted molar refractivity (Wildman–Crippen MR) is 88.0 cm³/mol. The second-order valence-electron chi connectivity index (χ2n) is 5.09. The Morgan fingerprint density at radius 2 is 1.80 bits per heavy atom. The van der Waals surface area contributed by atoms with Gasteiger partial charge in [0.15, 0.2) is 6.29 Å². The van der Waals surface area contributed by atoms with E-state index in [0.29, 0.717) is 24.8 Å². The lowest BCUT2D eigenvalue weighted by Crippen LogP contribution is -2.21. The van der Waals surface area contributed by atoms with Crippen molar-refractivity contribution in [3.63, 3.8) is 0 Å². The van der Waals surface area contributed by atoms with Gasteiger partial charge in [-0.2, -0.15) is 13.2 Å². The van der Waals surface area contributed by atoms with Gasteiger partial charge in [0.1, 0.15) is 5.02 Å². The van der Waals surface area contributed by atoms with Gasteiger partial charge in [-0.3, -0.25) is 9.36 Å². The Labute approximate surface area is 147 Å². The Bertz CT molecular complexity index is 783. The molecular formula is C17H17ClF3NO3. The Morgan fingerprint density at radius 1 is 1.16 bits per heavy atom. The van der Waals surface area contributed by atoms with Crippen molar-refractivity contribution in [1.29, 1.82) is 0 Å². The minimum Gasteiger partial charge on any atom is -0.349 e. The van der Waals surface area contributed by atoms with Crippen LogP contribution < -0.4 is 5.56 Å². The third kappa shape index (κ3) is 4.62. The molecule has 0 amide bonds. The van der Waals surface area contributed by atoms with E-state index in [-0.39, 0.29) is 5.69 Å². The quantitative estimate of drug-likeness (QED) is 0.694. The maximum atomic E-state index is 13.0. The zero-order valence-corrected chi connectivity index (χ0v) is 14.4. The number of alkyl halides is 3. The summed E-state index contributed by atoms with van der Waals surface area (Å²) in [5.74, 6) is 0. The summed E-state index contributed by atoms with van der Waals surface area (Å²) >= 11 is 5.69. The van der Waals surface area contributed by atoms with Crippen LogP contribution in [0.25, 0.3) is 5.69 Å². The molecule has 25 heavy (non-hydrogen) atoms. The first-order valence-electron chi connectivity index (χ1n) is 7.60. The van der Waals surface area contributed by atoms with Crippen molar-refractivity contribution in [2.45, 2.75) is 26.3 Å². The zero-order valence-electron chi connectivity index (χ0n) is 13.6.